The van der Waals surface area contributed by atoms with Gasteiger partial charge in [0.15, 0.2) is 0 Å². The minimum Gasteiger partial charge on any atom is -0.462 e. The Hall–Kier alpha value is -2.40. The first-order valence-corrected chi connectivity index (χ1v) is 10.3. The second kappa shape index (κ2) is 7.31. The summed E-state index contributed by atoms with van der Waals surface area (Å²) in [6, 6.07) is 8.34. The topological polar surface area (TPSA) is 43.6 Å². The van der Waals surface area contributed by atoms with E-state index in [9.17, 15) is 4.79 Å². The maximum Gasteiger partial charge on any atom is 0.341 e. The summed E-state index contributed by atoms with van der Waals surface area (Å²) in [4.78, 5) is 18.7. The van der Waals surface area contributed by atoms with Crippen LogP contribution in [0.1, 0.15) is 51.8 Å². The first kappa shape index (κ1) is 18.0. The van der Waals surface area contributed by atoms with E-state index < -0.39 is 0 Å². The molecule has 0 bridgehead atoms. The molecule has 27 heavy (non-hydrogen) atoms. The van der Waals surface area contributed by atoms with E-state index in [4.69, 9.17) is 9.73 Å². The third kappa shape index (κ3) is 3.10. The maximum atomic E-state index is 12.6. The summed E-state index contributed by atoms with van der Waals surface area (Å²) < 4.78 is 7.52. The van der Waals surface area contributed by atoms with E-state index in [1.54, 1.807) is 11.3 Å². The van der Waals surface area contributed by atoms with Crippen molar-refractivity contribution < 1.29 is 9.53 Å². The Bertz CT molecular complexity index is 1040. The van der Waals surface area contributed by atoms with Crippen LogP contribution in [0.4, 0.5) is 5.00 Å². The van der Waals surface area contributed by atoms with Gasteiger partial charge in [0.2, 0.25) is 0 Å². The molecule has 4 nitrogen and oxygen atoms in total. The molecule has 2 aromatic heterocycles. The number of nitrogens with zero attached hydrogens (tertiary/aromatic N) is 2. The normalized spacial score (nSPS) is 14.0. The zero-order chi connectivity index (χ0) is 19.0. The number of para-hydroxylation sites is 1. The molecule has 0 spiro atoms. The van der Waals surface area contributed by atoms with Crippen LogP contribution in [0.15, 0.2) is 29.3 Å². The van der Waals surface area contributed by atoms with Gasteiger partial charge in [0, 0.05) is 40.3 Å². The first-order valence-electron chi connectivity index (χ1n) is 9.51. The average molecular weight is 381 g/mol. The number of aryl methyl sites for hydroxylation is 2. The Kier molecular flexibility index (Phi) is 4.87. The number of benzene rings is 1. The second-order valence-corrected chi connectivity index (χ2v) is 8.03. The summed E-state index contributed by atoms with van der Waals surface area (Å²) in [7, 11) is 2.07. The van der Waals surface area contributed by atoms with Crippen LogP contribution in [0.3, 0.4) is 0 Å². The standard InChI is InChI=1S/C22H24N2O2S/c1-4-26-22(25)20-16-10-6-8-12-19(16)27-21(20)23-13-17-14(2)24(3)18-11-7-5-9-15(17)18/h5,7,9,11,13H,4,6,8,10,12H2,1-3H3. The zero-order valence-corrected chi connectivity index (χ0v) is 16.9. The summed E-state index contributed by atoms with van der Waals surface area (Å²) in [6.07, 6.45) is 6.21. The van der Waals surface area contributed by atoms with E-state index in [2.05, 4.69) is 36.7 Å². The molecule has 1 aliphatic rings. The molecule has 0 radical (unpaired) electrons. The fourth-order valence-electron chi connectivity index (χ4n) is 3.89. The molecule has 1 aromatic carbocycles. The number of esters is 1. The smallest absolute Gasteiger partial charge is 0.341 e. The van der Waals surface area contributed by atoms with Crippen LogP contribution in [0, 0.1) is 6.92 Å². The minimum absolute atomic E-state index is 0.237. The van der Waals surface area contributed by atoms with E-state index in [1.165, 1.54) is 27.9 Å². The monoisotopic (exact) mass is 380 g/mol. The molecule has 0 fully saturated rings. The summed E-state index contributed by atoms with van der Waals surface area (Å²) in [6.45, 7) is 4.33. The molecule has 140 valence electrons. The van der Waals surface area contributed by atoms with Crippen molar-refractivity contribution in [2.45, 2.75) is 39.5 Å². The molecule has 0 saturated heterocycles. The molecule has 0 amide bonds. The van der Waals surface area contributed by atoms with Crippen LogP contribution in [-0.4, -0.2) is 23.4 Å². The van der Waals surface area contributed by atoms with Crippen molar-refractivity contribution >= 4 is 39.4 Å². The van der Waals surface area contributed by atoms with E-state index in [-0.39, 0.29) is 5.97 Å². The van der Waals surface area contributed by atoms with Crippen LogP contribution in [0.5, 0.6) is 0 Å². The van der Waals surface area contributed by atoms with Crippen molar-refractivity contribution in [1.29, 1.82) is 0 Å². The quantitative estimate of drug-likeness (QED) is 0.452. The predicted octanol–water partition coefficient (Wildman–Crippen LogP) is 5.35. The van der Waals surface area contributed by atoms with Gasteiger partial charge in [-0.15, -0.1) is 11.3 Å². The van der Waals surface area contributed by atoms with Gasteiger partial charge in [-0.1, -0.05) is 18.2 Å². The fourth-order valence-corrected chi connectivity index (χ4v) is 5.11. The Balaban J connectivity index is 1.80. The number of carbonyl (C=O) groups is 1. The van der Waals surface area contributed by atoms with Gasteiger partial charge in [0.1, 0.15) is 5.00 Å². The number of thiophene rings is 1. The highest BCUT2D eigenvalue weighted by Gasteiger charge is 2.26. The third-order valence-corrected chi connectivity index (χ3v) is 6.59. The van der Waals surface area contributed by atoms with Gasteiger partial charge < -0.3 is 9.30 Å². The minimum atomic E-state index is -0.237. The van der Waals surface area contributed by atoms with Crippen molar-refractivity contribution in [3.8, 4) is 0 Å². The number of rotatable bonds is 4. The van der Waals surface area contributed by atoms with Gasteiger partial charge in [-0.25, -0.2) is 9.79 Å². The summed E-state index contributed by atoms with van der Waals surface area (Å²) in [5, 5.41) is 1.97. The van der Waals surface area contributed by atoms with Crippen molar-refractivity contribution in [3.05, 3.63) is 51.5 Å². The third-order valence-electron chi connectivity index (χ3n) is 5.39. The molecule has 1 aliphatic carbocycles. The fraction of sp³-hybridized carbons (Fsp3) is 0.364. The molecule has 0 aliphatic heterocycles. The molecule has 0 N–H and O–H groups in total. The van der Waals surface area contributed by atoms with E-state index >= 15 is 0 Å². The lowest BCUT2D eigenvalue weighted by atomic mass is 9.95. The number of hydrogen-bond acceptors (Lipinski definition) is 4. The molecule has 2 heterocycles. The van der Waals surface area contributed by atoms with Gasteiger partial charge in [0.25, 0.3) is 0 Å². The maximum absolute atomic E-state index is 12.6. The Morgan fingerprint density at radius 3 is 2.89 bits per heavy atom. The number of aliphatic imine (C=N–C) groups is 1. The van der Waals surface area contributed by atoms with Crippen LogP contribution < -0.4 is 0 Å². The van der Waals surface area contributed by atoms with E-state index in [0.717, 1.165) is 35.4 Å². The molecule has 5 heteroatoms. The Morgan fingerprint density at radius 1 is 1.30 bits per heavy atom. The number of ether oxygens (including phenoxy) is 1. The van der Waals surface area contributed by atoms with E-state index in [1.807, 2.05) is 19.2 Å². The largest absolute Gasteiger partial charge is 0.462 e. The van der Waals surface area contributed by atoms with Crippen molar-refractivity contribution in [2.24, 2.45) is 12.0 Å². The number of carbonyl (C=O) groups excluding carboxylic acids is 1. The van der Waals surface area contributed by atoms with Crippen LogP contribution in [0.2, 0.25) is 0 Å². The molecule has 0 saturated carbocycles. The van der Waals surface area contributed by atoms with Gasteiger partial charge in [-0.3, -0.25) is 0 Å². The van der Waals surface area contributed by atoms with Gasteiger partial charge in [-0.2, -0.15) is 0 Å². The Morgan fingerprint density at radius 2 is 2.07 bits per heavy atom. The lowest BCUT2D eigenvalue weighted by Gasteiger charge is -2.11. The molecule has 0 atom stereocenters. The average Bonchev–Trinajstić information content (AvgIpc) is 3.16. The van der Waals surface area contributed by atoms with Crippen molar-refractivity contribution in [3.63, 3.8) is 0 Å². The second-order valence-electron chi connectivity index (χ2n) is 6.94. The number of fused-ring (bicyclic) bond motifs is 2. The van der Waals surface area contributed by atoms with Gasteiger partial charge >= 0.3 is 5.97 Å². The van der Waals surface area contributed by atoms with Crippen LogP contribution in [-0.2, 0) is 24.6 Å². The zero-order valence-electron chi connectivity index (χ0n) is 16.0. The first-order chi connectivity index (χ1) is 13.1. The molecular weight excluding hydrogens is 356 g/mol. The molecular formula is C22H24N2O2S. The number of aromatic nitrogens is 1. The molecule has 3 aromatic rings. The summed E-state index contributed by atoms with van der Waals surface area (Å²) >= 11 is 1.65. The highest BCUT2D eigenvalue weighted by atomic mass is 32.1. The SMILES string of the molecule is CCOC(=O)c1c(N=Cc2c(C)n(C)c3ccccc23)sc2c1CCCC2. The van der Waals surface area contributed by atoms with Gasteiger partial charge in [0.05, 0.1) is 12.2 Å². The van der Waals surface area contributed by atoms with Crippen molar-refractivity contribution in [1.82, 2.24) is 4.57 Å². The lowest BCUT2D eigenvalue weighted by molar-refractivity contribution is 0.0526. The highest BCUT2D eigenvalue weighted by molar-refractivity contribution is 7.16. The molecule has 4 rings (SSSR count). The lowest BCUT2D eigenvalue weighted by Crippen LogP contribution is -2.09. The Labute approximate surface area is 163 Å². The van der Waals surface area contributed by atoms with Crippen molar-refractivity contribution in [2.75, 3.05) is 6.61 Å². The summed E-state index contributed by atoms with van der Waals surface area (Å²) in [5.41, 5.74) is 5.30. The van der Waals surface area contributed by atoms with Gasteiger partial charge in [-0.05, 0) is 51.2 Å². The summed E-state index contributed by atoms with van der Waals surface area (Å²) in [5.74, 6) is -0.237. The molecule has 0 unspecified atom stereocenters. The van der Waals surface area contributed by atoms with E-state index in [0.29, 0.717) is 12.2 Å². The van der Waals surface area contributed by atoms with Crippen LogP contribution >= 0.6 is 11.3 Å². The number of hydrogen-bond donors (Lipinski definition) is 0. The van der Waals surface area contributed by atoms with Crippen LogP contribution in [0.25, 0.3) is 10.9 Å². The predicted molar refractivity (Wildman–Crippen MR) is 112 cm³/mol. The highest BCUT2D eigenvalue weighted by Crippen LogP contribution is 2.40.